The number of ether oxygens (including phenoxy) is 3. The number of amides is 1. The smallest absolute Gasteiger partial charge is 0.255 e. The molecule has 5 heteroatoms. The molecule has 1 aromatic rings. The summed E-state index contributed by atoms with van der Waals surface area (Å²) < 4.78 is 16.9. The van der Waals surface area contributed by atoms with Gasteiger partial charge in [-0.2, -0.15) is 0 Å². The van der Waals surface area contributed by atoms with Crippen LogP contribution in [-0.2, 0) is 4.74 Å². The van der Waals surface area contributed by atoms with Crippen molar-refractivity contribution >= 4 is 5.91 Å². The maximum absolute atomic E-state index is 12.9. The quantitative estimate of drug-likeness (QED) is 0.847. The van der Waals surface area contributed by atoms with Crippen LogP contribution in [0.15, 0.2) is 18.2 Å². The number of hydrogen-bond acceptors (Lipinski definition) is 4. The fraction of sp³-hybridized carbons (Fsp3) is 0.667. The van der Waals surface area contributed by atoms with E-state index in [1.165, 1.54) is 32.1 Å². The summed E-state index contributed by atoms with van der Waals surface area (Å²) in [6, 6.07) is 5.38. The van der Waals surface area contributed by atoms with Gasteiger partial charge in [0, 0.05) is 13.7 Å². The Kier molecular flexibility index (Phi) is 4.59. The summed E-state index contributed by atoms with van der Waals surface area (Å²) in [5.74, 6) is 3.78. The summed E-state index contributed by atoms with van der Waals surface area (Å²) in [5.41, 5.74) is 0.289. The van der Waals surface area contributed by atoms with Gasteiger partial charge in [-0.3, -0.25) is 4.79 Å². The van der Waals surface area contributed by atoms with Gasteiger partial charge >= 0.3 is 0 Å². The average Bonchev–Trinajstić information content (AvgIpc) is 2.66. The normalized spacial score (nSPS) is 34.6. The summed E-state index contributed by atoms with van der Waals surface area (Å²) in [4.78, 5) is 12.9. The molecule has 4 bridgehead atoms. The molecule has 0 saturated heterocycles. The molecule has 0 aliphatic heterocycles. The van der Waals surface area contributed by atoms with Crippen molar-refractivity contribution in [3.63, 3.8) is 0 Å². The lowest BCUT2D eigenvalue weighted by Crippen LogP contribution is -2.63. The van der Waals surface area contributed by atoms with E-state index in [1.807, 2.05) is 13.2 Å². The minimum absolute atomic E-state index is 0.133. The summed E-state index contributed by atoms with van der Waals surface area (Å²) in [6.07, 6.45) is 6.40. The van der Waals surface area contributed by atoms with Crippen LogP contribution in [0.2, 0.25) is 0 Å². The van der Waals surface area contributed by atoms with Crippen molar-refractivity contribution in [1.82, 2.24) is 5.32 Å². The highest BCUT2D eigenvalue weighted by atomic mass is 16.5. The van der Waals surface area contributed by atoms with Gasteiger partial charge in [-0.15, -0.1) is 0 Å². The SMILES string of the molecule is COc1cccc(C(=O)NCC2(OC)C3CC4CC(C3)CC2C4)c1OC. The third kappa shape index (κ3) is 2.68. The predicted molar refractivity (Wildman–Crippen MR) is 98.7 cm³/mol. The molecule has 0 spiro atoms. The Labute approximate surface area is 155 Å². The van der Waals surface area contributed by atoms with Crippen molar-refractivity contribution in [2.24, 2.45) is 23.7 Å². The third-order valence-corrected chi connectivity index (χ3v) is 7.07. The first-order chi connectivity index (χ1) is 12.6. The highest BCUT2D eigenvalue weighted by Crippen LogP contribution is 2.59. The molecule has 0 unspecified atom stereocenters. The molecular weight excluding hydrogens is 330 g/mol. The molecule has 4 fully saturated rings. The highest BCUT2D eigenvalue weighted by Gasteiger charge is 2.57. The minimum atomic E-state index is -0.213. The second-order valence-electron chi connectivity index (χ2n) is 8.19. The summed E-state index contributed by atoms with van der Waals surface area (Å²) in [6.45, 7) is 0.567. The Balaban J connectivity index is 1.52. The van der Waals surface area contributed by atoms with E-state index in [0.717, 1.165) is 11.8 Å². The number of benzene rings is 1. The first-order valence-corrected chi connectivity index (χ1v) is 9.65. The van der Waals surface area contributed by atoms with E-state index in [1.54, 1.807) is 26.4 Å². The number of nitrogens with one attached hydrogen (secondary N) is 1. The lowest BCUT2D eigenvalue weighted by atomic mass is 9.49. The van der Waals surface area contributed by atoms with Gasteiger partial charge in [-0.1, -0.05) is 6.07 Å². The van der Waals surface area contributed by atoms with E-state index in [2.05, 4.69) is 5.32 Å². The lowest BCUT2D eigenvalue weighted by molar-refractivity contribution is -0.186. The van der Waals surface area contributed by atoms with Crippen LogP contribution in [0.4, 0.5) is 0 Å². The second kappa shape index (κ2) is 6.76. The summed E-state index contributed by atoms with van der Waals surface area (Å²) in [5, 5.41) is 3.15. The molecule has 1 aromatic carbocycles. The summed E-state index contributed by atoms with van der Waals surface area (Å²) in [7, 11) is 4.96. The Morgan fingerprint density at radius 3 is 2.23 bits per heavy atom. The van der Waals surface area contributed by atoms with Gasteiger partial charge in [0.2, 0.25) is 0 Å². The Morgan fingerprint density at radius 2 is 1.69 bits per heavy atom. The number of methoxy groups -OCH3 is 3. The summed E-state index contributed by atoms with van der Waals surface area (Å²) >= 11 is 0. The molecule has 5 rings (SSSR count). The first-order valence-electron chi connectivity index (χ1n) is 9.65. The van der Waals surface area contributed by atoms with E-state index in [-0.39, 0.29) is 11.5 Å². The molecule has 0 aromatic heterocycles. The van der Waals surface area contributed by atoms with Crippen LogP contribution in [0.1, 0.15) is 42.5 Å². The molecule has 5 nitrogen and oxygen atoms in total. The zero-order valence-corrected chi connectivity index (χ0v) is 15.9. The van der Waals surface area contributed by atoms with E-state index in [0.29, 0.717) is 35.4 Å². The van der Waals surface area contributed by atoms with Crippen LogP contribution in [0.3, 0.4) is 0 Å². The molecule has 1 N–H and O–H groups in total. The predicted octanol–water partition coefficient (Wildman–Crippen LogP) is 3.27. The van der Waals surface area contributed by atoms with Crippen LogP contribution in [0.25, 0.3) is 0 Å². The van der Waals surface area contributed by atoms with Crippen LogP contribution in [0, 0.1) is 23.7 Å². The molecule has 0 atom stereocenters. The van der Waals surface area contributed by atoms with Gasteiger partial charge in [0.1, 0.15) is 0 Å². The van der Waals surface area contributed by atoms with Gasteiger partial charge in [0.15, 0.2) is 11.5 Å². The van der Waals surface area contributed by atoms with Gasteiger partial charge in [-0.05, 0) is 67.9 Å². The average molecular weight is 359 g/mol. The monoisotopic (exact) mass is 359 g/mol. The first kappa shape index (κ1) is 17.7. The number of rotatable bonds is 6. The molecular formula is C21H29NO4. The number of para-hydroxylation sites is 1. The third-order valence-electron chi connectivity index (χ3n) is 7.07. The van der Waals surface area contributed by atoms with Crippen molar-refractivity contribution in [2.75, 3.05) is 27.9 Å². The Morgan fingerprint density at radius 1 is 1.04 bits per heavy atom. The minimum Gasteiger partial charge on any atom is -0.493 e. The van der Waals surface area contributed by atoms with Gasteiger partial charge < -0.3 is 19.5 Å². The van der Waals surface area contributed by atoms with Crippen LogP contribution < -0.4 is 14.8 Å². The van der Waals surface area contributed by atoms with E-state index < -0.39 is 0 Å². The van der Waals surface area contributed by atoms with E-state index in [4.69, 9.17) is 14.2 Å². The fourth-order valence-electron chi connectivity index (χ4n) is 6.06. The standard InChI is InChI=1S/C21H29NO4/c1-24-18-6-4-5-17(19(18)25-2)20(23)22-12-21(26-3)15-8-13-7-14(10-15)11-16(21)9-13/h4-6,13-16H,7-12H2,1-3H3,(H,22,23). The number of hydrogen-bond donors (Lipinski definition) is 1. The van der Waals surface area contributed by atoms with Crippen LogP contribution in [-0.4, -0.2) is 39.4 Å². The molecule has 4 aliphatic rings. The highest BCUT2D eigenvalue weighted by molar-refractivity contribution is 5.97. The number of carbonyl (C=O) groups excluding carboxylic acids is 1. The van der Waals surface area contributed by atoms with E-state index in [9.17, 15) is 4.79 Å². The Bertz CT molecular complexity index is 659. The molecule has 1 amide bonds. The largest absolute Gasteiger partial charge is 0.493 e. The van der Waals surface area contributed by atoms with Crippen LogP contribution in [0.5, 0.6) is 11.5 Å². The maximum atomic E-state index is 12.9. The maximum Gasteiger partial charge on any atom is 0.255 e. The molecule has 0 heterocycles. The molecule has 4 aliphatic carbocycles. The lowest BCUT2D eigenvalue weighted by Gasteiger charge is -2.60. The van der Waals surface area contributed by atoms with Crippen molar-refractivity contribution in [2.45, 2.75) is 37.7 Å². The molecule has 26 heavy (non-hydrogen) atoms. The second-order valence-corrected chi connectivity index (χ2v) is 8.19. The van der Waals surface area contributed by atoms with Crippen molar-refractivity contribution in [1.29, 1.82) is 0 Å². The zero-order chi connectivity index (χ0) is 18.3. The van der Waals surface area contributed by atoms with Crippen molar-refractivity contribution in [3.8, 4) is 11.5 Å². The topological polar surface area (TPSA) is 56.8 Å². The number of carbonyl (C=O) groups is 1. The molecule has 4 saturated carbocycles. The van der Waals surface area contributed by atoms with E-state index >= 15 is 0 Å². The van der Waals surface area contributed by atoms with Gasteiger partial charge in [0.25, 0.3) is 5.91 Å². The Hall–Kier alpha value is -1.75. The molecule has 142 valence electrons. The molecule has 0 radical (unpaired) electrons. The van der Waals surface area contributed by atoms with Gasteiger partial charge in [-0.25, -0.2) is 0 Å². The fourth-order valence-corrected chi connectivity index (χ4v) is 6.06. The zero-order valence-electron chi connectivity index (χ0n) is 15.9. The van der Waals surface area contributed by atoms with Crippen LogP contribution >= 0.6 is 0 Å². The van der Waals surface area contributed by atoms with Gasteiger partial charge in [0.05, 0.1) is 25.4 Å². The van der Waals surface area contributed by atoms with Crippen molar-refractivity contribution in [3.05, 3.63) is 23.8 Å². The van der Waals surface area contributed by atoms with Crippen molar-refractivity contribution < 1.29 is 19.0 Å².